The molecule has 2 unspecified atom stereocenters. The Morgan fingerprint density at radius 1 is 1.25 bits per heavy atom. The van der Waals surface area contributed by atoms with Crippen LogP contribution < -0.4 is 27.5 Å². The van der Waals surface area contributed by atoms with Crippen molar-refractivity contribution in [2.24, 2.45) is 0 Å². The summed E-state index contributed by atoms with van der Waals surface area (Å²) in [6.45, 7) is 1.56. The summed E-state index contributed by atoms with van der Waals surface area (Å²) in [5.41, 5.74) is 5.97. The lowest BCUT2D eigenvalue weighted by molar-refractivity contribution is -0.135. The molecule has 3 N–H and O–H groups in total. The van der Waals surface area contributed by atoms with E-state index in [1.54, 1.807) is 6.92 Å². The van der Waals surface area contributed by atoms with E-state index >= 15 is 0 Å². The van der Waals surface area contributed by atoms with E-state index in [0.717, 1.165) is 0 Å². The fourth-order valence-electron chi connectivity index (χ4n) is 2.89. The van der Waals surface area contributed by atoms with Crippen molar-refractivity contribution in [3.8, 4) is 0 Å². The number of amides is 2. The topological polar surface area (TPSA) is 107 Å². The minimum Gasteiger partial charge on any atom is -0.398 e. The molecule has 2 heterocycles. The van der Waals surface area contributed by atoms with Crippen molar-refractivity contribution in [1.82, 2.24) is 14.9 Å². The molecule has 1 aromatic carbocycles. The third-order valence-corrected chi connectivity index (χ3v) is 4.13. The maximum absolute atomic E-state index is 12.9. The number of nitrogen functional groups attached to an aromatic ring is 1. The van der Waals surface area contributed by atoms with Gasteiger partial charge in [-0.05, 0) is 13.3 Å². The number of carbonyl (C=O) groups excluding carboxylic acids is 2. The van der Waals surface area contributed by atoms with Gasteiger partial charge in [-0.25, -0.2) is 4.98 Å². The van der Waals surface area contributed by atoms with Gasteiger partial charge in [-0.15, -0.1) is 0 Å². The molecule has 0 saturated carbocycles. The van der Waals surface area contributed by atoms with Gasteiger partial charge >= 0.3 is 0 Å². The number of benzene rings is 1. The number of imide groups is 1. The van der Waals surface area contributed by atoms with Crippen molar-refractivity contribution in [2.75, 3.05) is 5.73 Å². The van der Waals surface area contributed by atoms with Crippen molar-refractivity contribution in [3.05, 3.63) is 22.2 Å². The highest BCUT2D eigenvalue weighted by atomic mass is 16.2. The third-order valence-electron chi connectivity index (χ3n) is 4.13. The lowest BCUT2D eigenvalue weighted by Gasteiger charge is -2.28. The number of fused-ring (bicyclic) bond motifs is 1. The molecule has 2 amide bonds. The van der Waals surface area contributed by atoms with Gasteiger partial charge in [0.15, 0.2) is 0 Å². The number of carbonyl (C=O) groups is 2. The summed E-state index contributed by atoms with van der Waals surface area (Å²) in [4.78, 5) is 40.9. The highest BCUT2D eigenvalue weighted by Gasteiger charge is 2.34. The fraction of sp³-hybridized carbons (Fsp3) is 0.286. The van der Waals surface area contributed by atoms with Crippen LogP contribution in [0.1, 0.15) is 18.3 Å². The van der Waals surface area contributed by atoms with Crippen LogP contribution in [-0.2, 0) is 9.59 Å². The molecule has 6 radical (unpaired) electrons. The zero-order valence-corrected chi connectivity index (χ0v) is 12.9. The molecule has 1 fully saturated rings. The number of anilines is 1. The van der Waals surface area contributed by atoms with Crippen molar-refractivity contribution in [2.45, 2.75) is 25.2 Å². The van der Waals surface area contributed by atoms with Gasteiger partial charge in [0.25, 0.3) is 5.56 Å². The lowest BCUT2D eigenvalue weighted by Crippen LogP contribution is -2.48. The first kappa shape index (κ1) is 16.4. The number of aromatic nitrogens is 2. The molecule has 114 valence electrons. The predicted octanol–water partition coefficient (Wildman–Crippen LogP) is -2.58. The molecule has 2 aromatic rings. The maximum atomic E-state index is 12.9. The molecule has 24 heavy (non-hydrogen) atoms. The summed E-state index contributed by atoms with van der Waals surface area (Å²) >= 11 is 0. The van der Waals surface area contributed by atoms with Crippen LogP contribution in [0, 0.1) is 6.92 Å². The Balaban J connectivity index is 2.30. The second kappa shape index (κ2) is 5.54. The standard InChI is InChI=1S/C14H11B3N4O3/c1-4-19-11-6(16)2-5(15)10(18)9(11)14(24)21(4)8-3-7(17)12(22)20-13(8)23/h2,7-8H,3,18H2,1H3,(H,20,22,23). The Morgan fingerprint density at radius 3 is 2.58 bits per heavy atom. The largest absolute Gasteiger partial charge is 0.398 e. The van der Waals surface area contributed by atoms with E-state index in [9.17, 15) is 14.4 Å². The first-order valence-electron chi connectivity index (χ1n) is 7.19. The van der Waals surface area contributed by atoms with Crippen LogP contribution in [0.25, 0.3) is 10.9 Å². The minimum absolute atomic E-state index is 0.0176. The number of aryl methyl sites for hydroxylation is 1. The van der Waals surface area contributed by atoms with E-state index in [4.69, 9.17) is 29.3 Å². The van der Waals surface area contributed by atoms with E-state index in [1.807, 2.05) is 0 Å². The van der Waals surface area contributed by atoms with Crippen LogP contribution >= 0.6 is 0 Å². The molecule has 1 aromatic heterocycles. The Bertz CT molecular complexity index is 957. The zero-order valence-electron chi connectivity index (χ0n) is 12.9. The molecule has 10 heteroatoms. The van der Waals surface area contributed by atoms with Crippen LogP contribution in [0.5, 0.6) is 0 Å². The van der Waals surface area contributed by atoms with Gasteiger partial charge in [0.2, 0.25) is 11.8 Å². The van der Waals surface area contributed by atoms with Crippen molar-refractivity contribution >= 4 is 62.9 Å². The normalized spacial score (nSPS) is 21.0. The van der Waals surface area contributed by atoms with Crippen molar-refractivity contribution in [1.29, 1.82) is 0 Å². The summed E-state index contributed by atoms with van der Waals surface area (Å²) in [5, 5.41) is 2.18. The predicted molar refractivity (Wildman–Crippen MR) is 92.2 cm³/mol. The molecule has 1 aliphatic heterocycles. The average Bonchev–Trinajstić information content (AvgIpc) is 2.49. The summed E-state index contributed by atoms with van der Waals surface area (Å²) in [7, 11) is 17.3. The molecule has 1 saturated heterocycles. The van der Waals surface area contributed by atoms with Gasteiger partial charge in [0.1, 0.15) is 27.6 Å². The first-order valence-corrected chi connectivity index (χ1v) is 7.19. The lowest BCUT2D eigenvalue weighted by atomic mass is 9.78. The van der Waals surface area contributed by atoms with Gasteiger partial charge in [0, 0.05) is 11.5 Å². The summed E-state index contributed by atoms with van der Waals surface area (Å²) in [5.74, 6) is -1.85. The number of nitrogens with two attached hydrogens (primary N) is 1. The van der Waals surface area contributed by atoms with E-state index in [1.165, 1.54) is 10.6 Å². The molecule has 7 nitrogen and oxygen atoms in total. The SMILES string of the molecule is [B]c1cc([B])c2nc(C)n(C3CC([B])C(=O)NC3=O)c(=O)c2c1N. The molecule has 1 aliphatic rings. The number of piperidine rings is 1. The second-order valence-corrected chi connectivity index (χ2v) is 5.74. The molecule has 0 spiro atoms. The molecule has 0 bridgehead atoms. The Hall–Kier alpha value is -2.51. The Labute approximate surface area is 141 Å². The third kappa shape index (κ3) is 2.33. The summed E-state index contributed by atoms with van der Waals surface area (Å²) < 4.78 is 1.17. The van der Waals surface area contributed by atoms with E-state index < -0.39 is 29.2 Å². The van der Waals surface area contributed by atoms with Gasteiger partial charge in [0.05, 0.1) is 18.7 Å². The van der Waals surface area contributed by atoms with Crippen LogP contribution in [0.15, 0.2) is 10.9 Å². The van der Waals surface area contributed by atoms with Gasteiger partial charge in [-0.2, -0.15) is 0 Å². The quantitative estimate of drug-likeness (QED) is 0.341. The van der Waals surface area contributed by atoms with E-state index in [-0.39, 0.29) is 39.8 Å². The number of rotatable bonds is 1. The summed E-state index contributed by atoms with van der Waals surface area (Å²) in [6, 6.07) is 0.458. The van der Waals surface area contributed by atoms with Crippen LogP contribution in [0.4, 0.5) is 5.69 Å². The van der Waals surface area contributed by atoms with E-state index in [0.29, 0.717) is 0 Å². The number of hydrogen-bond donors (Lipinski definition) is 2. The fourth-order valence-corrected chi connectivity index (χ4v) is 2.89. The van der Waals surface area contributed by atoms with Crippen molar-refractivity contribution < 1.29 is 9.59 Å². The maximum Gasteiger partial charge on any atom is 0.264 e. The van der Waals surface area contributed by atoms with Crippen molar-refractivity contribution in [3.63, 3.8) is 0 Å². The highest BCUT2D eigenvalue weighted by molar-refractivity contribution is 6.45. The second-order valence-electron chi connectivity index (χ2n) is 5.74. The number of nitrogens with zero attached hydrogens (tertiary/aromatic N) is 2. The molecular weight excluding hydrogens is 305 g/mol. The minimum atomic E-state index is -0.968. The average molecular weight is 316 g/mol. The molecule has 0 aliphatic carbocycles. The van der Waals surface area contributed by atoms with Gasteiger partial charge in [-0.1, -0.05) is 17.0 Å². The van der Waals surface area contributed by atoms with E-state index in [2.05, 4.69) is 10.3 Å². The van der Waals surface area contributed by atoms with Gasteiger partial charge in [-0.3, -0.25) is 24.3 Å². The molecular formula is C14H11B3N4O3. The van der Waals surface area contributed by atoms with Gasteiger partial charge < -0.3 is 5.73 Å². The number of nitrogens with one attached hydrogen (secondary N) is 1. The summed E-state index contributed by atoms with van der Waals surface area (Å²) in [6.07, 6.45) is -0.0176. The van der Waals surface area contributed by atoms with Crippen LogP contribution in [-0.4, -0.2) is 44.9 Å². The Morgan fingerprint density at radius 2 is 1.92 bits per heavy atom. The number of hydrogen-bond acceptors (Lipinski definition) is 5. The first-order chi connectivity index (χ1) is 11.2. The van der Waals surface area contributed by atoms with Crippen LogP contribution in [0.3, 0.4) is 0 Å². The Kier molecular flexibility index (Phi) is 3.78. The van der Waals surface area contributed by atoms with Crippen LogP contribution in [0.2, 0.25) is 5.82 Å². The molecule has 3 rings (SSSR count). The zero-order chi connectivity index (χ0) is 17.8. The molecule has 2 atom stereocenters. The highest BCUT2D eigenvalue weighted by Crippen LogP contribution is 2.25. The monoisotopic (exact) mass is 316 g/mol. The smallest absolute Gasteiger partial charge is 0.264 e.